The fourth-order valence-corrected chi connectivity index (χ4v) is 3.47. The van der Waals surface area contributed by atoms with Crippen molar-refractivity contribution in [2.24, 2.45) is 5.92 Å². The molecule has 0 radical (unpaired) electrons. The zero-order valence-corrected chi connectivity index (χ0v) is 11.7. The molecular weight excluding hydrogens is 238 g/mol. The minimum Gasteiger partial charge on any atom is -0.297 e. The van der Waals surface area contributed by atoms with E-state index in [-0.39, 0.29) is 0 Å². The molecule has 0 N–H and O–H groups in total. The van der Waals surface area contributed by atoms with E-state index in [2.05, 4.69) is 30.9 Å². The van der Waals surface area contributed by atoms with Crippen LogP contribution in [0.4, 0.5) is 0 Å². The summed E-state index contributed by atoms with van der Waals surface area (Å²) in [6.07, 6.45) is 2.39. The van der Waals surface area contributed by atoms with Gasteiger partial charge >= 0.3 is 0 Å². The van der Waals surface area contributed by atoms with E-state index in [1.165, 1.54) is 22.7 Å². The van der Waals surface area contributed by atoms with Gasteiger partial charge in [-0.2, -0.15) is 0 Å². The first kappa shape index (κ1) is 12.4. The van der Waals surface area contributed by atoms with E-state index in [0.29, 0.717) is 11.3 Å². The third-order valence-electron chi connectivity index (χ3n) is 3.40. The van der Waals surface area contributed by atoms with Crippen LogP contribution in [0.5, 0.6) is 0 Å². The summed E-state index contributed by atoms with van der Waals surface area (Å²) in [6.45, 7) is 7.80. The number of alkyl halides is 1. The quantitative estimate of drug-likeness (QED) is 0.746. The average molecular weight is 258 g/mol. The van der Waals surface area contributed by atoms with Gasteiger partial charge in [0.25, 0.3) is 0 Å². The molecule has 0 bridgehead atoms. The molecule has 0 aliphatic carbocycles. The van der Waals surface area contributed by atoms with Crippen molar-refractivity contribution >= 4 is 22.9 Å². The molecule has 1 aliphatic heterocycles. The van der Waals surface area contributed by atoms with Crippen LogP contribution in [0, 0.1) is 5.92 Å². The largest absolute Gasteiger partial charge is 0.297 e. The van der Waals surface area contributed by atoms with E-state index < -0.39 is 0 Å². The topological polar surface area (TPSA) is 3.24 Å². The van der Waals surface area contributed by atoms with E-state index in [1.54, 1.807) is 0 Å². The fraction of sp³-hybridized carbons (Fsp3) is 0.692. The van der Waals surface area contributed by atoms with Gasteiger partial charge in [-0.1, -0.05) is 13.8 Å². The maximum absolute atomic E-state index is 6.32. The van der Waals surface area contributed by atoms with E-state index in [4.69, 9.17) is 11.6 Å². The van der Waals surface area contributed by atoms with Crippen molar-refractivity contribution in [3.8, 4) is 0 Å². The van der Waals surface area contributed by atoms with Crippen LogP contribution in [0.15, 0.2) is 12.1 Å². The number of halogens is 1. The molecule has 1 aromatic rings. The molecular formula is C13H20ClNS. The van der Waals surface area contributed by atoms with Gasteiger partial charge in [0.15, 0.2) is 0 Å². The van der Waals surface area contributed by atoms with Crippen molar-refractivity contribution in [3.05, 3.63) is 21.9 Å². The third-order valence-corrected chi connectivity index (χ3v) is 5.18. The molecule has 2 atom stereocenters. The van der Waals surface area contributed by atoms with Crippen LogP contribution in [-0.2, 0) is 13.0 Å². The van der Waals surface area contributed by atoms with Crippen molar-refractivity contribution in [1.29, 1.82) is 0 Å². The van der Waals surface area contributed by atoms with E-state index in [0.717, 1.165) is 19.5 Å². The summed E-state index contributed by atoms with van der Waals surface area (Å²) in [5.74, 6) is 0.674. The van der Waals surface area contributed by atoms with Crippen LogP contribution < -0.4 is 0 Å². The number of likely N-dealkylation sites (tertiary alicyclic amines) is 1. The lowest BCUT2D eigenvalue weighted by atomic mass is 9.99. The number of hydrogen-bond acceptors (Lipinski definition) is 2. The summed E-state index contributed by atoms with van der Waals surface area (Å²) >= 11 is 8.27. The van der Waals surface area contributed by atoms with Crippen LogP contribution >= 0.6 is 22.9 Å². The first-order valence-corrected chi connectivity index (χ1v) is 7.38. The van der Waals surface area contributed by atoms with Gasteiger partial charge in [-0.15, -0.1) is 22.9 Å². The number of aryl methyl sites for hydroxylation is 1. The highest BCUT2D eigenvalue weighted by atomic mass is 35.5. The lowest BCUT2D eigenvalue weighted by molar-refractivity contribution is 0.191. The summed E-state index contributed by atoms with van der Waals surface area (Å²) in [4.78, 5) is 5.46. The zero-order valence-electron chi connectivity index (χ0n) is 10.1. The Morgan fingerprint density at radius 2 is 2.19 bits per heavy atom. The second-order valence-corrected chi connectivity index (χ2v) is 6.55. The van der Waals surface area contributed by atoms with Gasteiger partial charge in [0.1, 0.15) is 0 Å². The average Bonchev–Trinajstić information content (AvgIpc) is 2.71. The molecule has 0 spiro atoms. The number of piperidine rings is 1. The Bertz CT molecular complexity index is 336. The zero-order chi connectivity index (χ0) is 11.5. The first-order chi connectivity index (χ1) is 7.69. The molecule has 2 unspecified atom stereocenters. The summed E-state index contributed by atoms with van der Waals surface area (Å²) in [6, 6.07) is 4.52. The highest BCUT2D eigenvalue weighted by Crippen LogP contribution is 2.25. The SMILES string of the molecule is CCc1ccc(CN2CCC(C)C(Cl)C2)s1. The molecule has 2 rings (SSSR count). The van der Waals surface area contributed by atoms with Crippen LogP contribution in [0.25, 0.3) is 0 Å². The van der Waals surface area contributed by atoms with Crippen molar-refractivity contribution < 1.29 is 0 Å². The fourth-order valence-electron chi connectivity index (χ4n) is 2.15. The van der Waals surface area contributed by atoms with Crippen molar-refractivity contribution in [2.45, 2.75) is 38.6 Å². The monoisotopic (exact) mass is 257 g/mol. The smallest absolute Gasteiger partial charge is 0.0489 e. The van der Waals surface area contributed by atoms with E-state index in [1.807, 2.05) is 11.3 Å². The van der Waals surface area contributed by atoms with Gasteiger partial charge in [0.2, 0.25) is 0 Å². The Morgan fingerprint density at radius 3 is 2.81 bits per heavy atom. The molecule has 3 heteroatoms. The Balaban J connectivity index is 1.90. The van der Waals surface area contributed by atoms with Gasteiger partial charge < -0.3 is 0 Å². The van der Waals surface area contributed by atoms with Gasteiger partial charge in [-0.05, 0) is 37.4 Å². The van der Waals surface area contributed by atoms with Crippen LogP contribution in [0.2, 0.25) is 0 Å². The Labute approximate surface area is 107 Å². The maximum atomic E-state index is 6.32. The number of nitrogens with zero attached hydrogens (tertiary/aromatic N) is 1. The minimum absolute atomic E-state index is 0.333. The molecule has 0 saturated carbocycles. The highest BCUT2D eigenvalue weighted by Gasteiger charge is 2.24. The molecule has 90 valence electrons. The predicted octanol–water partition coefficient (Wildman–Crippen LogP) is 3.76. The predicted molar refractivity (Wildman–Crippen MR) is 72.4 cm³/mol. The summed E-state index contributed by atoms with van der Waals surface area (Å²) in [5, 5.41) is 0.333. The van der Waals surface area contributed by atoms with Gasteiger partial charge in [-0.25, -0.2) is 0 Å². The van der Waals surface area contributed by atoms with Crippen LogP contribution in [0.3, 0.4) is 0 Å². The lowest BCUT2D eigenvalue weighted by Crippen LogP contribution is -2.39. The standard InChI is InChI=1S/C13H20ClNS/c1-3-11-4-5-12(16-11)8-15-7-6-10(2)13(14)9-15/h4-5,10,13H,3,6-9H2,1-2H3. The van der Waals surface area contributed by atoms with E-state index >= 15 is 0 Å². The molecule has 1 nitrogen and oxygen atoms in total. The van der Waals surface area contributed by atoms with Crippen LogP contribution in [0.1, 0.15) is 30.0 Å². The number of hydrogen-bond donors (Lipinski definition) is 0. The van der Waals surface area contributed by atoms with E-state index in [9.17, 15) is 0 Å². The van der Waals surface area contributed by atoms with Crippen molar-refractivity contribution in [3.63, 3.8) is 0 Å². The molecule has 1 saturated heterocycles. The molecule has 0 aromatic carbocycles. The normalized spacial score (nSPS) is 27.2. The Kier molecular flexibility index (Phi) is 4.28. The van der Waals surface area contributed by atoms with Crippen molar-refractivity contribution in [2.75, 3.05) is 13.1 Å². The second-order valence-electron chi connectivity index (χ2n) is 4.74. The number of thiophene rings is 1. The second kappa shape index (κ2) is 5.52. The maximum Gasteiger partial charge on any atom is 0.0489 e. The third kappa shape index (κ3) is 2.99. The molecule has 1 aliphatic rings. The van der Waals surface area contributed by atoms with Gasteiger partial charge in [-0.3, -0.25) is 4.90 Å². The van der Waals surface area contributed by atoms with Crippen LogP contribution in [-0.4, -0.2) is 23.4 Å². The summed E-state index contributed by atoms with van der Waals surface area (Å²) < 4.78 is 0. The summed E-state index contributed by atoms with van der Waals surface area (Å²) in [5.41, 5.74) is 0. The molecule has 16 heavy (non-hydrogen) atoms. The lowest BCUT2D eigenvalue weighted by Gasteiger charge is -2.33. The van der Waals surface area contributed by atoms with Gasteiger partial charge in [0, 0.05) is 28.2 Å². The van der Waals surface area contributed by atoms with Crippen molar-refractivity contribution in [1.82, 2.24) is 4.90 Å². The molecule has 1 aromatic heterocycles. The molecule has 0 amide bonds. The summed E-state index contributed by atoms with van der Waals surface area (Å²) in [7, 11) is 0. The highest BCUT2D eigenvalue weighted by molar-refractivity contribution is 7.11. The minimum atomic E-state index is 0.333. The Hall–Kier alpha value is -0.0500. The Morgan fingerprint density at radius 1 is 1.44 bits per heavy atom. The first-order valence-electron chi connectivity index (χ1n) is 6.13. The number of rotatable bonds is 3. The molecule has 1 fully saturated rings. The van der Waals surface area contributed by atoms with Gasteiger partial charge in [0.05, 0.1) is 0 Å². The molecule has 2 heterocycles.